The van der Waals surface area contributed by atoms with Crippen molar-refractivity contribution < 1.29 is 33.6 Å². The van der Waals surface area contributed by atoms with Crippen molar-refractivity contribution in [2.45, 2.75) is 70.2 Å². The average molecular weight is 398 g/mol. The number of fused-ring (bicyclic) bond motifs is 2. The van der Waals surface area contributed by atoms with Crippen LogP contribution >= 0.6 is 0 Å². The molecule has 2 bridgehead atoms. The minimum Gasteiger partial charge on any atom is -0.458 e. The zero-order valence-corrected chi connectivity index (χ0v) is 17.6. The molecule has 0 saturated carbocycles. The fraction of sp³-hybridized carbons (Fsp3) is 0.762. The number of methoxy groups -OCH3 is 2. The van der Waals surface area contributed by atoms with E-state index in [-0.39, 0.29) is 49.8 Å². The van der Waals surface area contributed by atoms with Crippen LogP contribution in [-0.2, 0) is 28.5 Å². The molecule has 0 aromatic carbocycles. The van der Waals surface area contributed by atoms with Crippen molar-refractivity contribution in [1.82, 2.24) is 0 Å². The van der Waals surface area contributed by atoms with E-state index in [9.17, 15) is 9.90 Å². The Bertz CT molecular complexity index is 575. The Morgan fingerprint density at radius 2 is 2.07 bits per heavy atom. The summed E-state index contributed by atoms with van der Waals surface area (Å²) in [6, 6.07) is 0. The lowest BCUT2D eigenvalue weighted by molar-refractivity contribution is -0.311. The summed E-state index contributed by atoms with van der Waals surface area (Å²) >= 11 is 0. The summed E-state index contributed by atoms with van der Waals surface area (Å²) < 4.78 is 28.1. The van der Waals surface area contributed by atoms with Gasteiger partial charge in [0.1, 0.15) is 12.9 Å². The number of carbonyl (C=O) groups is 1. The Hall–Kier alpha value is -1.25. The van der Waals surface area contributed by atoms with Gasteiger partial charge in [-0.15, -0.1) is 0 Å². The van der Waals surface area contributed by atoms with Crippen molar-refractivity contribution >= 4 is 5.97 Å². The number of carbonyl (C=O) groups excluding carboxylic acids is 1. The lowest BCUT2D eigenvalue weighted by Crippen LogP contribution is -2.56. The van der Waals surface area contributed by atoms with Crippen LogP contribution in [0.1, 0.15) is 40.0 Å². The van der Waals surface area contributed by atoms with Crippen LogP contribution in [0.15, 0.2) is 24.3 Å². The molecule has 0 unspecified atom stereocenters. The molecule has 160 valence electrons. The summed E-state index contributed by atoms with van der Waals surface area (Å²) in [5, 5.41) is 11.1. The second-order valence-electron chi connectivity index (χ2n) is 7.92. The van der Waals surface area contributed by atoms with Crippen LogP contribution in [0.25, 0.3) is 0 Å². The van der Waals surface area contributed by atoms with Gasteiger partial charge in [0.25, 0.3) is 0 Å². The average Bonchev–Trinajstić information content (AvgIpc) is 2.64. The maximum atomic E-state index is 12.5. The third-order valence-electron chi connectivity index (χ3n) is 5.63. The molecule has 0 aromatic heterocycles. The molecule has 7 nitrogen and oxygen atoms in total. The maximum Gasteiger partial charge on any atom is 0.311 e. The summed E-state index contributed by atoms with van der Waals surface area (Å²) in [7, 11) is 3.20. The summed E-state index contributed by atoms with van der Waals surface area (Å²) in [5.74, 6) is -2.32. The van der Waals surface area contributed by atoms with Gasteiger partial charge in [-0.05, 0) is 6.92 Å². The fourth-order valence-corrected chi connectivity index (χ4v) is 4.08. The molecule has 2 rings (SSSR count). The van der Waals surface area contributed by atoms with Gasteiger partial charge in [0.15, 0.2) is 5.79 Å². The first-order chi connectivity index (χ1) is 13.2. The molecule has 2 aliphatic heterocycles. The van der Waals surface area contributed by atoms with Crippen LogP contribution in [0, 0.1) is 11.8 Å². The molecule has 7 atom stereocenters. The predicted molar refractivity (Wildman–Crippen MR) is 103 cm³/mol. The first kappa shape index (κ1) is 23.0. The minimum atomic E-state index is -1.68. The van der Waals surface area contributed by atoms with E-state index in [1.165, 1.54) is 0 Å². The Labute approximate surface area is 167 Å². The normalized spacial score (nSPS) is 41.8. The molecule has 0 aliphatic carbocycles. The highest BCUT2D eigenvalue weighted by Crippen LogP contribution is 2.40. The predicted octanol–water partition coefficient (Wildman–Crippen LogP) is 2.58. The monoisotopic (exact) mass is 398 g/mol. The Balaban J connectivity index is 2.41. The van der Waals surface area contributed by atoms with Crippen LogP contribution < -0.4 is 0 Å². The zero-order valence-electron chi connectivity index (χ0n) is 17.6. The van der Waals surface area contributed by atoms with Crippen LogP contribution in [0.4, 0.5) is 0 Å². The van der Waals surface area contributed by atoms with E-state index < -0.39 is 17.9 Å². The largest absolute Gasteiger partial charge is 0.458 e. The number of hydrogen-bond acceptors (Lipinski definition) is 7. The van der Waals surface area contributed by atoms with E-state index in [0.29, 0.717) is 6.42 Å². The fourth-order valence-electron chi connectivity index (χ4n) is 4.08. The second-order valence-corrected chi connectivity index (χ2v) is 7.92. The van der Waals surface area contributed by atoms with Crippen LogP contribution in [-0.4, -0.2) is 62.3 Å². The standard InChI is InChI=1S/C21H34O7/c1-7-16-8-13(2)9-17(25-6)14(3)20-15(4)18(26-12-24-5)10-21(23,28-20)11-19(22)27-16/h7,9,14-18,20,23H,1,8,10-12H2,2-6H3/b13-9+/t14-,15-,16+,17-,18+,20+,21+/m1/s1. The van der Waals surface area contributed by atoms with E-state index >= 15 is 0 Å². The number of rotatable bonds is 5. The Kier molecular flexibility index (Phi) is 8.21. The summed E-state index contributed by atoms with van der Waals surface area (Å²) in [4.78, 5) is 12.5. The van der Waals surface area contributed by atoms with Gasteiger partial charge in [0.05, 0.1) is 24.7 Å². The smallest absolute Gasteiger partial charge is 0.311 e. The molecule has 2 heterocycles. The molecule has 0 spiro atoms. The van der Waals surface area contributed by atoms with Gasteiger partial charge >= 0.3 is 5.97 Å². The Morgan fingerprint density at radius 1 is 1.36 bits per heavy atom. The van der Waals surface area contributed by atoms with E-state index in [0.717, 1.165) is 5.57 Å². The molecule has 0 amide bonds. The lowest BCUT2D eigenvalue weighted by atomic mass is 9.79. The summed E-state index contributed by atoms with van der Waals surface area (Å²) in [6.07, 6.45) is 2.61. The molecule has 2 aliphatic rings. The van der Waals surface area contributed by atoms with Gasteiger partial charge in [-0.2, -0.15) is 0 Å². The minimum absolute atomic E-state index is 0.0309. The van der Waals surface area contributed by atoms with Crippen molar-refractivity contribution in [2.75, 3.05) is 21.0 Å². The lowest BCUT2D eigenvalue weighted by Gasteiger charge is -2.47. The van der Waals surface area contributed by atoms with Gasteiger partial charge in [0.2, 0.25) is 0 Å². The van der Waals surface area contributed by atoms with E-state index in [4.69, 9.17) is 23.7 Å². The van der Waals surface area contributed by atoms with Crippen LogP contribution in [0.2, 0.25) is 0 Å². The summed E-state index contributed by atoms with van der Waals surface area (Å²) in [5.41, 5.74) is 1.03. The SMILES string of the molecule is C=C[C@H]1C/C(C)=C/[C@@H](OC)[C@@H](C)[C@@H]2O[C@](O)(CC(=O)O1)C[C@H](OCOC)[C@H]2C. The third kappa shape index (κ3) is 5.64. The van der Waals surface area contributed by atoms with Crippen LogP contribution in [0.3, 0.4) is 0 Å². The molecule has 1 saturated heterocycles. The van der Waals surface area contributed by atoms with Crippen molar-refractivity contribution in [3.63, 3.8) is 0 Å². The highest BCUT2D eigenvalue weighted by Gasteiger charge is 2.49. The first-order valence-corrected chi connectivity index (χ1v) is 9.75. The number of esters is 1. The highest BCUT2D eigenvalue weighted by atomic mass is 16.7. The molecule has 7 heteroatoms. The Morgan fingerprint density at radius 3 is 2.68 bits per heavy atom. The number of cyclic esters (lactones) is 1. The third-order valence-corrected chi connectivity index (χ3v) is 5.63. The van der Waals surface area contributed by atoms with Crippen molar-refractivity contribution in [2.24, 2.45) is 11.8 Å². The molecular formula is C21H34O7. The molecule has 28 heavy (non-hydrogen) atoms. The van der Waals surface area contributed by atoms with E-state index in [1.54, 1.807) is 20.3 Å². The maximum absolute atomic E-state index is 12.5. The van der Waals surface area contributed by atoms with Crippen LogP contribution in [0.5, 0.6) is 0 Å². The highest BCUT2D eigenvalue weighted by molar-refractivity contribution is 5.70. The van der Waals surface area contributed by atoms with Crippen molar-refractivity contribution in [3.8, 4) is 0 Å². The number of ether oxygens (including phenoxy) is 5. The van der Waals surface area contributed by atoms with E-state index in [1.807, 2.05) is 26.8 Å². The molecule has 1 fully saturated rings. The van der Waals surface area contributed by atoms with Gasteiger partial charge in [-0.25, -0.2) is 0 Å². The first-order valence-electron chi connectivity index (χ1n) is 9.75. The molecular weight excluding hydrogens is 364 g/mol. The number of hydrogen-bond donors (Lipinski definition) is 1. The number of aliphatic hydroxyl groups is 1. The zero-order chi connectivity index (χ0) is 20.9. The quantitative estimate of drug-likeness (QED) is 0.433. The van der Waals surface area contributed by atoms with Crippen molar-refractivity contribution in [1.29, 1.82) is 0 Å². The molecule has 0 aromatic rings. The topological polar surface area (TPSA) is 83.5 Å². The summed E-state index contributed by atoms with van der Waals surface area (Å²) in [6.45, 7) is 9.86. The second kappa shape index (κ2) is 9.98. The van der Waals surface area contributed by atoms with Gasteiger partial charge in [-0.3, -0.25) is 4.79 Å². The van der Waals surface area contributed by atoms with E-state index in [2.05, 4.69) is 6.58 Å². The van der Waals surface area contributed by atoms with Gasteiger partial charge in [-0.1, -0.05) is 38.2 Å². The van der Waals surface area contributed by atoms with Crippen molar-refractivity contribution in [3.05, 3.63) is 24.3 Å². The van der Waals surface area contributed by atoms with Gasteiger partial charge < -0.3 is 28.8 Å². The van der Waals surface area contributed by atoms with Gasteiger partial charge in [0, 0.05) is 38.9 Å². The molecule has 1 N–H and O–H groups in total. The molecule has 0 radical (unpaired) electrons.